The van der Waals surface area contributed by atoms with Crippen LogP contribution in [0, 0.1) is 12.7 Å². The standard InChI is InChI=1S/C15H15BrFN3O2S/c1-8-7-23-15(19-8)12-6-20(2-3-22-12)11-5-9(16)4-10(17)13(11)14(18)21/h4-5,7,12H,2-3,6H2,1H3,(H2,18,21). The molecule has 0 aliphatic carbocycles. The van der Waals surface area contributed by atoms with Crippen molar-refractivity contribution in [2.24, 2.45) is 5.73 Å². The highest BCUT2D eigenvalue weighted by molar-refractivity contribution is 9.10. The van der Waals surface area contributed by atoms with Crippen LogP contribution in [0.3, 0.4) is 0 Å². The molecular weight excluding hydrogens is 385 g/mol. The molecule has 0 bridgehead atoms. The van der Waals surface area contributed by atoms with Gasteiger partial charge in [-0.15, -0.1) is 11.3 Å². The third-order valence-electron chi connectivity index (χ3n) is 3.60. The smallest absolute Gasteiger partial charge is 0.253 e. The number of thiazole rings is 1. The van der Waals surface area contributed by atoms with Gasteiger partial charge in [-0.25, -0.2) is 9.37 Å². The molecule has 23 heavy (non-hydrogen) atoms. The van der Waals surface area contributed by atoms with E-state index >= 15 is 0 Å². The van der Waals surface area contributed by atoms with Crippen LogP contribution in [0.1, 0.15) is 27.2 Å². The summed E-state index contributed by atoms with van der Waals surface area (Å²) < 4.78 is 20.5. The molecule has 5 nitrogen and oxygen atoms in total. The molecule has 1 aliphatic heterocycles. The fourth-order valence-corrected chi connectivity index (χ4v) is 3.84. The molecule has 2 aromatic rings. The van der Waals surface area contributed by atoms with Crippen LogP contribution in [-0.4, -0.2) is 30.6 Å². The van der Waals surface area contributed by atoms with Gasteiger partial charge in [0.25, 0.3) is 5.91 Å². The fraction of sp³-hybridized carbons (Fsp3) is 0.333. The number of primary amides is 1. The molecule has 0 radical (unpaired) electrons. The van der Waals surface area contributed by atoms with E-state index in [9.17, 15) is 9.18 Å². The second kappa shape index (κ2) is 6.54. The number of amides is 1. The molecule has 3 rings (SSSR count). The van der Waals surface area contributed by atoms with E-state index in [2.05, 4.69) is 20.9 Å². The van der Waals surface area contributed by atoms with Gasteiger partial charge in [0.05, 0.1) is 24.4 Å². The van der Waals surface area contributed by atoms with Crippen molar-refractivity contribution in [1.82, 2.24) is 4.98 Å². The number of nitrogens with zero attached hydrogens (tertiary/aromatic N) is 2. The maximum absolute atomic E-state index is 14.1. The highest BCUT2D eigenvalue weighted by Gasteiger charge is 2.28. The minimum atomic E-state index is -0.780. The number of rotatable bonds is 3. The van der Waals surface area contributed by atoms with Gasteiger partial charge in [-0.05, 0) is 19.1 Å². The van der Waals surface area contributed by atoms with Crippen LogP contribution < -0.4 is 10.6 Å². The van der Waals surface area contributed by atoms with Gasteiger partial charge in [-0.1, -0.05) is 15.9 Å². The molecule has 1 aromatic heterocycles. The molecular formula is C15H15BrFN3O2S. The Morgan fingerprint density at radius 3 is 3.00 bits per heavy atom. The summed E-state index contributed by atoms with van der Waals surface area (Å²) >= 11 is 4.80. The summed E-state index contributed by atoms with van der Waals surface area (Å²) in [7, 11) is 0. The van der Waals surface area contributed by atoms with Gasteiger partial charge in [0.15, 0.2) is 0 Å². The summed E-state index contributed by atoms with van der Waals surface area (Å²) in [5, 5.41) is 2.84. The van der Waals surface area contributed by atoms with Crippen molar-refractivity contribution in [3.8, 4) is 0 Å². The van der Waals surface area contributed by atoms with E-state index < -0.39 is 11.7 Å². The summed E-state index contributed by atoms with van der Waals surface area (Å²) in [5.41, 5.74) is 6.68. The number of nitrogens with two attached hydrogens (primary N) is 1. The average Bonchev–Trinajstić information content (AvgIpc) is 2.92. The maximum Gasteiger partial charge on any atom is 0.253 e. The first-order chi connectivity index (χ1) is 11.0. The highest BCUT2D eigenvalue weighted by atomic mass is 79.9. The molecule has 0 spiro atoms. The molecule has 1 saturated heterocycles. The van der Waals surface area contributed by atoms with Crippen LogP contribution in [0.15, 0.2) is 22.0 Å². The van der Waals surface area contributed by atoms with Crippen molar-refractivity contribution in [3.05, 3.63) is 44.1 Å². The Bertz CT molecular complexity index is 752. The average molecular weight is 400 g/mol. The van der Waals surface area contributed by atoms with Crippen molar-refractivity contribution in [2.75, 3.05) is 24.6 Å². The lowest BCUT2D eigenvalue weighted by molar-refractivity contribution is 0.0394. The first kappa shape index (κ1) is 16.4. The molecule has 2 N–H and O–H groups in total. The second-order valence-electron chi connectivity index (χ2n) is 5.28. The Balaban J connectivity index is 1.94. The van der Waals surface area contributed by atoms with E-state index in [1.165, 1.54) is 17.4 Å². The Labute approximate surface area is 145 Å². The van der Waals surface area contributed by atoms with Gasteiger partial charge in [-0.2, -0.15) is 0 Å². The molecule has 1 aromatic carbocycles. The number of halogens is 2. The number of aryl methyl sites for hydroxylation is 1. The van der Waals surface area contributed by atoms with Gasteiger partial charge in [0.2, 0.25) is 0 Å². The molecule has 8 heteroatoms. The van der Waals surface area contributed by atoms with Crippen LogP contribution in [0.4, 0.5) is 10.1 Å². The van der Waals surface area contributed by atoms with Crippen LogP contribution >= 0.6 is 27.3 Å². The number of carbonyl (C=O) groups excluding carboxylic acids is 1. The van der Waals surface area contributed by atoms with Crippen LogP contribution in [0.2, 0.25) is 0 Å². The van der Waals surface area contributed by atoms with E-state index in [0.29, 0.717) is 29.9 Å². The number of aromatic nitrogens is 1. The molecule has 1 amide bonds. The zero-order valence-corrected chi connectivity index (χ0v) is 14.8. The van der Waals surface area contributed by atoms with Crippen molar-refractivity contribution in [2.45, 2.75) is 13.0 Å². The lowest BCUT2D eigenvalue weighted by Gasteiger charge is -2.34. The Kier molecular flexibility index (Phi) is 4.65. The number of anilines is 1. The minimum absolute atomic E-state index is 0.0934. The summed E-state index contributed by atoms with van der Waals surface area (Å²) in [6, 6.07) is 2.95. The Hall–Kier alpha value is -1.51. The molecule has 1 unspecified atom stereocenters. The van der Waals surface area contributed by atoms with Gasteiger partial charge in [0, 0.05) is 22.1 Å². The first-order valence-electron chi connectivity index (χ1n) is 7.03. The normalized spacial score (nSPS) is 18.2. The van der Waals surface area contributed by atoms with E-state index in [0.717, 1.165) is 10.7 Å². The molecule has 0 saturated carbocycles. The third-order valence-corrected chi connectivity index (χ3v) is 5.11. The number of ether oxygens (including phenoxy) is 1. The third kappa shape index (κ3) is 3.39. The zero-order chi connectivity index (χ0) is 16.6. The molecule has 1 fully saturated rings. The predicted molar refractivity (Wildman–Crippen MR) is 90.4 cm³/mol. The topological polar surface area (TPSA) is 68.5 Å². The zero-order valence-electron chi connectivity index (χ0n) is 12.4. The van der Waals surface area contributed by atoms with Crippen LogP contribution in [0.25, 0.3) is 0 Å². The summed E-state index contributed by atoms with van der Waals surface area (Å²) in [6.07, 6.45) is -0.204. The Morgan fingerprint density at radius 1 is 1.57 bits per heavy atom. The van der Waals surface area contributed by atoms with Gasteiger partial charge in [-0.3, -0.25) is 4.79 Å². The van der Waals surface area contributed by atoms with E-state index in [1.807, 2.05) is 17.2 Å². The van der Waals surface area contributed by atoms with Gasteiger partial charge < -0.3 is 15.4 Å². The lowest BCUT2D eigenvalue weighted by Crippen LogP contribution is -2.39. The summed E-state index contributed by atoms with van der Waals surface area (Å²) in [6.45, 7) is 3.44. The molecule has 122 valence electrons. The van der Waals surface area contributed by atoms with Gasteiger partial charge >= 0.3 is 0 Å². The fourth-order valence-electron chi connectivity index (χ4n) is 2.59. The summed E-state index contributed by atoms with van der Waals surface area (Å²) in [4.78, 5) is 18.0. The number of carbonyl (C=O) groups is 1. The van der Waals surface area contributed by atoms with Gasteiger partial charge in [0.1, 0.15) is 16.9 Å². The van der Waals surface area contributed by atoms with Crippen LogP contribution in [-0.2, 0) is 4.74 Å². The van der Waals surface area contributed by atoms with E-state index in [1.54, 1.807) is 6.07 Å². The number of hydrogen-bond acceptors (Lipinski definition) is 5. The van der Waals surface area contributed by atoms with E-state index in [-0.39, 0.29) is 11.7 Å². The van der Waals surface area contributed by atoms with Crippen molar-refractivity contribution in [1.29, 1.82) is 0 Å². The predicted octanol–water partition coefficient (Wildman–Crippen LogP) is 3.03. The number of benzene rings is 1. The maximum atomic E-state index is 14.1. The Morgan fingerprint density at radius 2 is 2.35 bits per heavy atom. The van der Waals surface area contributed by atoms with Crippen LogP contribution in [0.5, 0.6) is 0 Å². The van der Waals surface area contributed by atoms with Crippen molar-refractivity contribution in [3.63, 3.8) is 0 Å². The van der Waals surface area contributed by atoms with Crippen molar-refractivity contribution < 1.29 is 13.9 Å². The number of hydrogen-bond donors (Lipinski definition) is 1. The second-order valence-corrected chi connectivity index (χ2v) is 7.08. The monoisotopic (exact) mass is 399 g/mol. The molecule has 1 atom stereocenters. The number of morpholine rings is 1. The largest absolute Gasteiger partial charge is 0.367 e. The quantitative estimate of drug-likeness (QED) is 0.860. The van der Waals surface area contributed by atoms with Crippen molar-refractivity contribution >= 4 is 38.9 Å². The highest BCUT2D eigenvalue weighted by Crippen LogP contribution is 2.32. The summed E-state index contributed by atoms with van der Waals surface area (Å²) in [5.74, 6) is -1.41. The first-order valence-corrected chi connectivity index (χ1v) is 8.70. The minimum Gasteiger partial charge on any atom is -0.367 e. The molecule has 2 heterocycles. The van der Waals surface area contributed by atoms with E-state index in [4.69, 9.17) is 10.5 Å². The SMILES string of the molecule is Cc1csc(C2CN(c3cc(Br)cc(F)c3C(N)=O)CCO2)n1. The molecule has 1 aliphatic rings. The lowest BCUT2D eigenvalue weighted by atomic mass is 10.1.